The van der Waals surface area contributed by atoms with Crippen LogP contribution in [0, 0.1) is 0 Å². The maximum atomic E-state index is 5.74. The van der Waals surface area contributed by atoms with Crippen molar-refractivity contribution >= 4 is 5.95 Å². The first-order valence-corrected chi connectivity index (χ1v) is 6.58. The predicted octanol–water partition coefficient (Wildman–Crippen LogP) is 0.657. The summed E-state index contributed by atoms with van der Waals surface area (Å²) < 4.78 is 12.7. The Bertz CT molecular complexity index is 553. The molecule has 20 heavy (non-hydrogen) atoms. The zero-order chi connectivity index (χ0) is 13.8. The lowest BCUT2D eigenvalue weighted by atomic mass is 10.3. The smallest absolute Gasteiger partial charge is 0.323 e. The number of nitrogens with zero attached hydrogens (tertiary/aromatic N) is 5. The lowest BCUT2D eigenvalue weighted by Gasteiger charge is -2.12. The molecule has 1 fully saturated rings. The average molecular weight is 276 g/mol. The highest BCUT2D eigenvalue weighted by molar-refractivity contribution is 5.30. The Morgan fingerprint density at radius 1 is 1.45 bits per heavy atom. The second-order valence-corrected chi connectivity index (χ2v) is 4.35. The summed E-state index contributed by atoms with van der Waals surface area (Å²) >= 11 is 0. The third kappa shape index (κ3) is 2.85. The fourth-order valence-corrected chi connectivity index (χ4v) is 1.88. The van der Waals surface area contributed by atoms with Gasteiger partial charge in [0, 0.05) is 25.4 Å². The third-order valence-electron chi connectivity index (χ3n) is 2.83. The summed E-state index contributed by atoms with van der Waals surface area (Å²) in [6, 6.07) is 0.301. The molecule has 1 atom stereocenters. The SMILES string of the molecule is CCNc1nc(OC2CCOC2)nc(-n2ccnc2)n1. The molecular weight excluding hydrogens is 260 g/mol. The molecule has 0 aromatic carbocycles. The minimum absolute atomic E-state index is 0.00233. The van der Waals surface area contributed by atoms with E-state index in [9.17, 15) is 0 Å². The lowest BCUT2D eigenvalue weighted by Crippen LogP contribution is -2.19. The quantitative estimate of drug-likeness (QED) is 0.858. The van der Waals surface area contributed by atoms with Gasteiger partial charge in [-0.05, 0) is 6.92 Å². The Kier molecular flexibility index (Phi) is 3.73. The molecule has 2 aromatic heterocycles. The summed E-state index contributed by atoms with van der Waals surface area (Å²) in [7, 11) is 0. The molecule has 1 aliphatic rings. The molecule has 0 radical (unpaired) electrons. The number of nitrogens with one attached hydrogen (secondary N) is 1. The van der Waals surface area contributed by atoms with Gasteiger partial charge in [-0.3, -0.25) is 4.57 Å². The average Bonchev–Trinajstić information content (AvgIpc) is 3.11. The van der Waals surface area contributed by atoms with Gasteiger partial charge in [-0.25, -0.2) is 4.98 Å². The Morgan fingerprint density at radius 2 is 2.40 bits per heavy atom. The van der Waals surface area contributed by atoms with Crippen molar-refractivity contribution in [1.82, 2.24) is 24.5 Å². The number of imidazole rings is 1. The molecule has 3 rings (SSSR count). The van der Waals surface area contributed by atoms with Crippen LogP contribution in [0.1, 0.15) is 13.3 Å². The van der Waals surface area contributed by atoms with E-state index in [2.05, 4.69) is 25.3 Å². The van der Waals surface area contributed by atoms with Crippen LogP contribution in [0.2, 0.25) is 0 Å². The molecule has 0 saturated carbocycles. The van der Waals surface area contributed by atoms with E-state index >= 15 is 0 Å². The first kappa shape index (κ1) is 12.8. The monoisotopic (exact) mass is 276 g/mol. The van der Waals surface area contributed by atoms with E-state index in [0.29, 0.717) is 31.1 Å². The summed E-state index contributed by atoms with van der Waals surface area (Å²) in [5.41, 5.74) is 0. The largest absolute Gasteiger partial charge is 0.457 e. The summed E-state index contributed by atoms with van der Waals surface area (Å²) in [4.78, 5) is 16.9. The topological polar surface area (TPSA) is 87.0 Å². The molecule has 1 unspecified atom stereocenters. The maximum absolute atomic E-state index is 5.74. The van der Waals surface area contributed by atoms with E-state index in [4.69, 9.17) is 9.47 Å². The Morgan fingerprint density at radius 3 is 3.10 bits per heavy atom. The predicted molar refractivity (Wildman–Crippen MR) is 71.0 cm³/mol. The van der Waals surface area contributed by atoms with Crippen molar-refractivity contribution in [3.05, 3.63) is 18.7 Å². The standard InChI is InChI=1S/C12H16N6O2/c1-2-14-10-15-11(18-5-4-13-8-18)17-12(16-10)20-9-3-6-19-7-9/h4-5,8-9H,2-3,6-7H2,1H3,(H,14,15,16,17). The summed E-state index contributed by atoms with van der Waals surface area (Å²) in [5.74, 6) is 0.961. The van der Waals surface area contributed by atoms with Crippen molar-refractivity contribution in [3.63, 3.8) is 0 Å². The number of ether oxygens (including phenoxy) is 2. The Labute approximate surface area is 116 Å². The van der Waals surface area contributed by atoms with Crippen LogP contribution in [0.15, 0.2) is 18.7 Å². The highest BCUT2D eigenvalue weighted by Crippen LogP contribution is 2.15. The molecule has 0 amide bonds. The molecule has 8 nitrogen and oxygen atoms in total. The van der Waals surface area contributed by atoms with Crippen LogP contribution in [0.4, 0.5) is 5.95 Å². The second kappa shape index (κ2) is 5.83. The second-order valence-electron chi connectivity index (χ2n) is 4.35. The van der Waals surface area contributed by atoms with Gasteiger partial charge in [-0.15, -0.1) is 0 Å². The molecule has 0 bridgehead atoms. The molecule has 8 heteroatoms. The van der Waals surface area contributed by atoms with E-state index in [1.807, 2.05) is 6.92 Å². The number of hydrogen-bond donors (Lipinski definition) is 1. The van der Waals surface area contributed by atoms with E-state index in [0.717, 1.165) is 13.0 Å². The highest BCUT2D eigenvalue weighted by Gasteiger charge is 2.19. The van der Waals surface area contributed by atoms with Crippen LogP contribution in [0.25, 0.3) is 5.95 Å². The number of rotatable bonds is 5. The molecular formula is C12H16N6O2. The molecule has 3 heterocycles. The van der Waals surface area contributed by atoms with Crippen molar-refractivity contribution in [2.45, 2.75) is 19.4 Å². The highest BCUT2D eigenvalue weighted by atomic mass is 16.6. The summed E-state index contributed by atoms with van der Waals surface area (Å²) in [5, 5.41) is 3.07. The number of aromatic nitrogens is 5. The van der Waals surface area contributed by atoms with Crippen LogP contribution in [0.5, 0.6) is 6.01 Å². The minimum Gasteiger partial charge on any atom is -0.457 e. The molecule has 1 aliphatic heterocycles. The Balaban J connectivity index is 1.87. The first-order chi connectivity index (χ1) is 9.85. The van der Waals surface area contributed by atoms with Crippen LogP contribution in [0.3, 0.4) is 0 Å². The Hall–Kier alpha value is -2.22. The first-order valence-electron chi connectivity index (χ1n) is 6.58. The van der Waals surface area contributed by atoms with Crippen molar-refractivity contribution in [2.75, 3.05) is 25.1 Å². The van der Waals surface area contributed by atoms with Crippen molar-refractivity contribution < 1.29 is 9.47 Å². The maximum Gasteiger partial charge on any atom is 0.323 e. The number of anilines is 1. The third-order valence-corrected chi connectivity index (χ3v) is 2.83. The van der Waals surface area contributed by atoms with Crippen LogP contribution < -0.4 is 10.1 Å². The van der Waals surface area contributed by atoms with Gasteiger partial charge >= 0.3 is 6.01 Å². The van der Waals surface area contributed by atoms with Gasteiger partial charge in [0.2, 0.25) is 11.9 Å². The zero-order valence-electron chi connectivity index (χ0n) is 11.2. The molecule has 2 aromatic rings. The normalized spacial score (nSPS) is 18.1. The van der Waals surface area contributed by atoms with E-state index in [-0.39, 0.29) is 6.10 Å². The molecule has 0 aliphatic carbocycles. The van der Waals surface area contributed by atoms with Crippen molar-refractivity contribution in [1.29, 1.82) is 0 Å². The van der Waals surface area contributed by atoms with Gasteiger partial charge in [0.25, 0.3) is 0 Å². The van der Waals surface area contributed by atoms with Gasteiger partial charge in [0.1, 0.15) is 12.4 Å². The van der Waals surface area contributed by atoms with Crippen molar-refractivity contribution in [3.8, 4) is 12.0 Å². The molecule has 1 N–H and O–H groups in total. The molecule has 0 spiro atoms. The van der Waals surface area contributed by atoms with E-state index in [1.54, 1.807) is 23.3 Å². The fourth-order valence-electron chi connectivity index (χ4n) is 1.88. The number of hydrogen-bond acceptors (Lipinski definition) is 7. The van der Waals surface area contributed by atoms with E-state index in [1.165, 1.54) is 0 Å². The van der Waals surface area contributed by atoms with Gasteiger partial charge < -0.3 is 14.8 Å². The fraction of sp³-hybridized carbons (Fsp3) is 0.500. The van der Waals surface area contributed by atoms with Gasteiger partial charge in [-0.2, -0.15) is 15.0 Å². The van der Waals surface area contributed by atoms with Crippen LogP contribution in [-0.4, -0.2) is 50.4 Å². The minimum atomic E-state index is 0.00233. The summed E-state index contributed by atoms with van der Waals surface area (Å²) in [6.45, 7) is 3.98. The molecule has 1 saturated heterocycles. The van der Waals surface area contributed by atoms with E-state index < -0.39 is 0 Å². The van der Waals surface area contributed by atoms with Crippen LogP contribution >= 0.6 is 0 Å². The lowest BCUT2D eigenvalue weighted by molar-refractivity contribution is 0.134. The summed E-state index contributed by atoms with van der Waals surface area (Å²) in [6.07, 6.45) is 5.92. The van der Waals surface area contributed by atoms with Gasteiger partial charge in [-0.1, -0.05) is 0 Å². The molecule has 106 valence electrons. The zero-order valence-corrected chi connectivity index (χ0v) is 11.2. The van der Waals surface area contributed by atoms with Gasteiger partial charge in [0.15, 0.2) is 0 Å². The van der Waals surface area contributed by atoms with Gasteiger partial charge in [0.05, 0.1) is 13.2 Å². The van der Waals surface area contributed by atoms with Crippen LogP contribution in [-0.2, 0) is 4.74 Å². The van der Waals surface area contributed by atoms with Crippen molar-refractivity contribution in [2.24, 2.45) is 0 Å².